The number of aromatic nitrogens is 2. The molecule has 26 heavy (non-hydrogen) atoms. The molecule has 1 aromatic carbocycles. The number of hydrogen-bond donors (Lipinski definition) is 3. The number of benzene rings is 1. The Hall–Kier alpha value is -3.06. The van der Waals surface area contributed by atoms with Gasteiger partial charge < -0.3 is 19.8 Å². The van der Waals surface area contributed by atoms with Crippen molar-refractivity contribution in [3.63, 3.8) is 0 Å². The van der Waals surface area contributed by atoms with Crippen molar-refractivity contribution in [3.05, 3.63) is 53.9 Å². The van der Waals surface area contributed by atoms with Crippen molar-refractivity contribution in [2.24, 2.45) is 0 Å². The van der Waals surface area contributed by atoms with Crippen molar-refractivity contribution in [2.75, 3.05) is 18.5 Å². The Bertz CT molecular complexity index is 869. The lowest BCUT2D eigenvalue weighted by atomic mass is 10.2. The van der Waals surface area contributed by atoms with Crippen molar-refractivity contribution in [2.45, 2.75) is 20.4 Å². The van der Waals surface area contributed by atoms with Crippen molar-refractivity contribution in [3.8, 4) is 17.2 Å². The van der Waals surface area contributed by atoms with E-state index >= 15 is 0 Å². The van der Waals surface area contributed by atoms with Crippen LogP contribution in [-0.4, -0.2) is 29.3 Å². The molecule has 0 fully saturated rings. The van der Waals surface area contributed by atoms with Gasteiger partial charge in [-0.25, -0.2) is 0 Å². The first kappa shape index (κ1) is 17.8. The molecule has 0 aliphatic rings. The number of nitrogens with one attached hydrogen (secondary N) is 3. The van der Waals surface area contributed by atoms with E-state index in [1.807, 2.05) is 37.3 Å². The van der Waals surface area contributed by atoms with Crippen LogP contribution in [0.5, 0.6) is 5.75 Å². The van der Waals surface area contributed by atoms with Crippen molar-refractivity contribution < 1.29 is 13.9 Å². The van der Waals surface area contributed by atoms with Crippen LogP contribution in [0.25, 0.3) is 11.5 Å². The lowest BCUT2D eigenvalue weighted by Crippen LogP contribution is -2.20. The smallest absolute Gasteiger partial charge is 0.221 e. The number of amides is 1. The molecule has 3 rings (SSSR count). The first-order valence-corrected chi connectivity index (χ1v) is 8.42. The third-order valence-electron chi connectivity index (χ3n) is 3.72. The second-order valence-electron chi connectivity index (χ2n) is 5.91. The molecule has 2 heterocycles. The number of rotatable bonds is 8. The summed E-state index contributed by atoms with van der Waals surface area (Å²) < 4.78 is 11.3. The summed E-state index contributed by atoms with van der Waals surface area (Å²) in [6.07, 6.45) is 1.79. The Balaban J connectivity index is 1.45. The summed E-state index contributed by atoms with van der Waals surface area (Å²) in [7, 11) is 0. The van der Waals surface area contributed by atoms with E-state index in [0.717, 1.165) is 28.5 Å². The summed E-state index contributed by atoms with van der Waals surface area (Å²) in [5.74, 6) is 2.26. The van der Waals surface area contributed by atoms with Gasteiger partial charge in [-0.05, 0) is 31.2 Å². The number of ether oxygens (including phenoxy) is 1. The molecule has 1 amide bonds. The number of carbonyl (C=O) groups is 1. The molecule has 0 bridgehead atoms. The molecule has 0 unspecified atom stereocenters. The Morgan fingerprint density at radius 3 is 2.96 bits per heavy atom. The Labute approximate surface area is 151 Å². The molecule has 7 nitrogen and oxygen atoms in total. The van der Waals surface area contributed by atoms with E-state index in [4.69, 9.17) is 9.15 Å². The maximum Gasteiger partial charge on any atom is 0.221 e. The molecule has 0 aliphatic carbocycles. The Morgan fingerprint density at radius 1 is 1.31 bits per heavy atom. The summed E-state index contributed by atoms with van der Waals surface area (Å²) in [5.41, 5.74) is 2.64. The molecule has 0 aliphatic heterocycles. The van der Waals surface area contributed by atoms with E-state index in [9.17, 15) is 4.79 Å². The molecule has 0 radical (unpaired) electrons. The first-order chi connectivity index (χ1) is 12.6. The topological polar surface area (TPSA) is 92.2 Å². The fourth-order valence-electron chi connectivity index (χ4n) is 2.56. The Kier molecular flexibility index (Phi) is 5.70. The average molecular weight is 354 g/mol. The number of carbonyl (C=O) groups excluding carboxylic acids is 1. The van der Waals surface area contributed by atoms with Crippen LogP contribution in [0.4, 0.5) is 5.69 Å². The number of anilines is 1. The number of aryl methyl sites for hydroxylation is 1. The van der Waals surface area contributed by atoms with Gasteiger partial charge in [0, 0.05) is 37.3 Å². The average Bonchev–Trinajstić information content (AvgIpc) is 3.23. The molecule has 0 spiro atoms. The van der Waals surface area contributed by atoms with E-state index in [2.05, 4.69) is 20.8 Å². The molecule has 136 valence electrons. The number of H-pyrrole nitrogens is 1. The third kappa shape index (κ3) is 4.73. The van der Waals surface area contributed by atoms with Crippen LogP contribution in [0, 0.1) is 6.92 Å². The van der Waals surface area contributed by atoms with E-state index in [1.54, 1.807) is 12.3 Å². The number of aromatic amines is 1. The van der Waals surface area contributed by atoms with Crippen LogP contribution in [0.1, 0.15) is 18.2 Å². The molecule has 0 saturated heterocycles. The molecule has 2 aromatic heterocycles. The lowest BCUT2D eigenvalue weighted by molar-refractivity contribution is -0.114. The summed E-state index contributed by atoms with van der Waals surface area (Å²) in [4.78, 5) is 11.1. The fraction of sp³-hybridized carbons (Fsp3) is 0.263. The number of nitrogens with zero attached hydrogens (tertiary/aromatic N) is 1. The summed E-state index contributed by atoms with van der Waals surface area (Å²) >= 11 is 0. The van der Waals surface area contributed by atoms with Gasteiger partial charge in [0.15, 0.2) is 5.76 Å². The zero-order valence-corrected chi connectivity index (χ0v) is 14.8. The van der Waals surface area contributed by atoms with Crippen LogP contribution >= 0.6 is 0 Å². The minimum atomic E-state index is -0.105. The molecular formula is C19H22N4O3. The van der Waals surface area contributed by atoms with Gasteiger partial charge in [-0.1, -0.05) is 6.07 Å². The van der Waals surface area contributed by atoms with E-state index in [1.165, 1.54) is 6.92 Å². The van der Waals surface area contributed by atoms with Crippen LogP contribution in [0.15, 0.2) is 47.0 Å². The minimum Gasteiger partial charge on any atom is -0.492 e. The van der Waals surface area contributed by atoms with E-state index in [0.29, 0.717) is 25.4 Å². The van der Waals surface area contributed by atoms with Gasteiger partial charge >= 0.3 is 0 Å². The van der Waals surface area contributed by atoms with Gasteiger partial charge in [-0.2, -0.15) is 5.10 Å². The minimum absolute atomic E-state index is 0.105. The molecule has 3 aromatic rings. The largest absolute Gasteiger partial charge is 0.492 e. The normalized spacial score (nSPS) is 10.7. The van der Waals surface area contributed by atoms with Crippen LogP contribution < -0.4 is 15.4 Å². The van der Waals surface area contributed by atoms with Crippen LogP contribution in [-0.2, 0) is 11.3 Å². The van der Waals surface area contributed by atoms with Crippen LogP contribution in [0.3, 0.4) is 0 Å². The van der Waals surface area contributed by atoms with Gasteiger partial charge in [0.25, 0.3) is 0 Å². The zero-order chi connectivity index (χ0) is 18.4. The lowest BCUT2D eigenvalue weighted by Gasteiger charge is -2.09. The highest BCUT2D eigenvalue weighted by Crippen LogP contribution is 2.23. The van der Waals surface area contributed by atoms with Crippen LogP contribution in [0.2, 0.25) is 0 Å². The highest BCUT2D eigenvalue weighted by Gasteiger charge is 2.10. The van der Waals surface area contributed by atoms with Gasteiger partial charge in [-0.15, -0.1) is 0 Å². The highest BCUT2D eigenvalue weighted by atomic mass is 16.5. The molecule has 7 heteroatoms. The quantitative estimate of drug-likeness (QED) is 0.541. The number of hydrogen-bond acceptors (Lipinski definition) is 5. The van der Waals surface area contributed by atoms with E-state index < -0.39 is 0 Å². The number of furan rings is 1. The van der Waals surface area contributed by atoms with E-state index in [-0.39, 0.29) is 5.91 Å². The summed E-state index contributed by atoms with van der Waals surface area (Å²) in [6.45, 7) is 5.23. The first-order valence-electron chi connectivity index (χ1n) is 8.42. The van der Waals surface area contributed by atoms with Crippen molar-refractivity contribution in [1.82, 2.24) is 15.5 Å². The maximum absolute atomic E-state index is 11.1. The standard InChI is InChI=1S/C19H22N4O3/c1-13-6-7-18(26-13)19-15(12-21-23-19)11-20-8-9-25-17-5-3-4-16(10-17)22-14(2)24/h3-7,10,12,20H,8-9,11H2,1-2H3,(H,21,23)(H,22,24). The molecule has 0 saturated carbocycles. The maximum atomic E-state index is 11.1. The monoisotopic (exact) mass is 354 g/mol. The predicted molar refractivity (Wildman–Crippen MR) is 99.0 cm³/mol. The second-order valence-corrected chi connectivity index (χ2v) is 5.91. The van der Waals surface area contributed by atoms with Gasteiger partial charge in [0.2, 0.25) is 5.91 Å². The highest BCUT2D eigenvalue weighted by molar-refractivity contribution is 5.88. The zero-order valence-electron chi connectivity index (χ0n) is 14.8. The summed E-state index contributed by atoms with van der Waals surface area (Å²) in [6, 6.07) is 11.2. The van der Waals surface area contributed by atoms with Gasteiger partial charge in [0.05, 0.1) is 6.20 Å². The molecule has 3 N–H and O–H groups in total. The molecule has 0 atom stereocenters. The van der Waals surface area contributed by atoms with Crippen molar-refractivity contribution >= 4 is 11.6 Å². The van der Waals surface area contributed by atoms with Gasteiger partial charge in [0.1, 0.15) is 23.8 Å². The Morgan fingerprint density at radius 2 is 2.19 bits per heavy atom. The molecular weight excluding hydrogens is 332 g/mol. The SMILES string of the molecule is CC(=O)Nc1cccc(OCCNCc2cn[nH]c2-c2ccc(C)o2)c1. The van der Waals surface area contributed by atoms with Crippen molar-refractivity contribution in [1.29, 1.82) is 0 Å². The second kappa shape index (κ2) is 8.35. The summed E-state index contributed by atoms with van der Waals surface area (Å²) in [5, 5.41) is 13.1. The van der Waals surface area contributed by atoms with Gasteiger partial charge in [-0.3, -0.25) is 9.89 Å². The fourth-order valence-corrected chi connectivity index (χ4v) is 2.56. The predicted octanol–water partition coefficient (Wildman–Crippen LogP) is 3.11. The third-order valence-corrected chi connectivity index (χ3v) is 3.72.